The Bertz CT molecular complexity index is 868. The molecule has 134 valence electrons. The van der Waals surface area contributed by atoms with Crippen molar-refractivity contribution >= 4 is 23.4 Å². The molecule has 0 aliphatic heterocycles. The lowest BCUT2D eigenvalue weighted by atomic mass is 10.2. The van der Waals surface area contributed by atoms with Gasteiger partial charge in [0.15, 0.2) is 0 Å². The average Bonchev–Trinajstić information content (AvgIpc) is 2.66. The summed E-state index contributed by atoms with van der Waals surface area (Å²) in [4.78, 5) is 8.98. The van der Waals surface area contributed by atoms with Crippen LogP contribution in [0.1, 0.15) is 16.8 Å². The maximum Gasteiger partial charge on any atom is 0.225 e. The molecule has 2 aromatic carbocycles. The van der Waals surface area contributed by atoms with Gasteiger partial charge in [-0.25, -0.2) is 4.98 Å². The minimum atomic E-state index is 0.586. The summed E-state index contributed by atoms with van der Waals surface area (Å²) in [6.45, 7) is 3.20. The number of hydrogen-bond acceptors (Lipinski definition) is 5. The van der Waals surface area contributed by atoms with E-state index in [1.165, 1.54) is 0 Å². The first-order valence-electron chi connectivity index (χ1n) is 8.34. The van der Waals surface area contributed by atoms with Gasteiger partial charge in [-0.3, -0.25) is 0 Å². The maximum absolute atomic E-state index is 5.91. The first-order valence-corrected chi connectivity index (χ1v) is 8.71. The second kappa shape index (κ2) is 8.54. The normalized spacial score (nSPS) is 10.4. The summed E-state index contributed by atoms with van der Waals surface area (Å²) in [5, 5.41) is 7.31. The van der Waals surface area contributed by atoms with E-state index in [4.69, 9.17) is 16.3 Å². The van der Waals surface area contributed by atoms with Crippen LogP contribution in [0.3, 0.4) is 0 Å². The van der Waals surface area contributed by atoms with Crippen LogP contribution in [-0.2, 0) is 13.1 Å². The second-order valence-corrected chi connectivity index (χ2v) is 6.30. The number of nitrogens with zero attached hydrogens (tertiary/aromatic N) is 2. The molecule has 0 bridgehead atoms. The summed E-state index contributed by atoms with van der Waals surface area (Å²) >= 11 is 5.91. The van der Waals surface area contributed by atoms with Crippen molar-refractivity contribution in [2.75, 3.05) is 17.7 Å². The molecule has 0 spiro atoms. The third-order valence-corrected chi connectivity index (χ3v) is 4.12. The summed E-state index contributed by atoms with van der Waals surface area (Å²) < 4.78 is 5.38. The van der Waals surface area contributed by atoms with Gasteiger partial charge in [0.05, 0.1) is 7.11 Å². The van der Waals surface area contributed by atoms with Crippen molar-refractivity contribution in [3.8, 4) is 5.75 Å². The Morgan fingerprint density at radius 1 is 0.962 bits per heavy atom. The number of aromatic nitrogens is 2. The van der Waals surface area contributed by atoms with E-state index in [0.29, 0.717) is 19.0 Å². The molecule has 0 amide bonds. The third kappa shape index (κ3) is 4.86. The number of anilines is 2. The Morgan fingerprint density at radius 3 is 2.50 bits per heavy atom. The third-order valence-electron chi connectivity index (χ3n) is 3.87. The zero-order valence-electron chi connectivity index (χ0n) is 14.8. The van der Waals surface area contributed by atoms with Crippen LogP contribution in [0.25, 0.3) is 0 Å². The average molecular weight is 369 g/mol. The molecule has 0 fully saturated rings. The van der Waals surface area contributed by atoms with Gasteiger partial charge >= 0.3 is 0 Å². The van der Waals surface area contributed by atoms with Crippen LogP contribution in [0.5, 0.6) is 5.75 Å². The number of nitrogens with one attached hydrogen (secondary N) is 2. The highest BCUT2D eigenvalue weighted by molar-refractivity contribution is 6.30. The minimum absolute atomic E-state index is 0.586. The highest BCUT2D eigenvalue weighted by atomic mass is 35.5. The fourth-order valence-corrected chi connectivity index (χ4v) is 2.68. The van der Waals surface area contributed by atoms with E-state index in [1.807, 2.05) is 61.5 Å². The van der Waals surface area contributed by atoms with Crippen LogP contribution in [0.4, 0.5) is 11.8 Å². The summed E-state index contributed by atoms with van der Waals surface area (Å²) in [5.74, 6) is 2.20. The van der Waals surface area contributed by atoms with Gasteiger partial charge in [-0.1, -0.05) is 41.9 Å². The van der Waals surface area contributed by atoms with Crippen molar-refractivity contribution in [2.24, 2.45) is 0 Å². The van der Waals surface area contributed by atoms with E-state index in [-0.39, 0.29) is 0 Å². The topological polar surface area (TPSA) is 59.1 Å². The molecule has 1 aromatic heterocycles. The Hall–Kier alpha value is -2.79. The monoisotopic (exact) mass is 368 g/mol. The fourth-order valence-electron chi connectivity index (χ4n) is 2.56. The Kier molecular flexibility index (Phi) is 5.92. The Labute approximate surface area is 158 Å². The molecule has 1 heterocycles. The number of rotatable bonds is 7. The maximum atomic E-state index is 5.91. The number of para-hydroxylation sites is 1. The molecule has 0 unspecified atom stereocenters. The van der Waals surface area contributed by atoms with Crippen LogP contribution < -0.4 is 15.4 Å². The van der Waals surface area contributed by atoms with Gasteiger partial charge < -0.3 is 15.4 Å². The highest BCUT2D eigenvalue weighted by Crippen LogP contribution is 2.19. The van der Waals surface area contributed by atoms with Crippen molar-refractivity contribution < 1.29 is 4.74 Å². The van der Waals surface area contributed by atoms with Gasteiger partial charge in [0.1, 0.15) is 11.6 Å². The molecule has 0 saturated heterocycles. The molecule has 5 nitrogen and oxygen atoms in total. The fraction of sp³-hybridized carbons (Fsp3) is 0.200. The van der Waals surface area contributed by atoms with E-state index < -0.39 is 0 Å². The standard InChI is InChI=1S/C20H21ClN4O/c1-14-11-19(22-13-16-5-3-4-6-18(16)26-2)25-20(24-14)23-12-15-7-9-17(21)10-8-15/h3-11H,12-13H2,1-2H3,(H2,22,23,24,25). The first-order chi connectivity index (χ1) is 12.6. The van der Waals surface area contributed by atoms with Crippen LogP contribution >= 0.6 is 11.6 Å². The van der Waals surface area contributed by atoms with E-state index in [9.17, 15) is 0 Å². The summed E-state index contributed by atoms with van der Waals surface area (Å²) in [7, 11) is 1.67. The molecule has 3 rings (SSSR count). The molecule has 6 heteroatoms. The van der Waals surface area contributed by atoms with Gasteiger partial charge in [0, 0.05) is 35.4 Å². The number of halogens is 1. The van der Waals surface area contributed by atoms with Gasteiger partial charge in [-0.15, -0.1) is 0 Å². The smallest absolute Gasteiger partial charge is 0.225 e. The van der Waals surface area contributed by atoms with Gasteiger partial charge in [-0.05, 0) is 30.7 Å². The van der Waals surface area contributed by atoms with Crippen molar-refractivity contribution in [2.45, 2.75) is 20.0 Å². The molecular formula is C20H21ClN4O. The van der Waals surface area contributed by atoms with Crippen molar-refractivity contribution in [1.82, 2.24) is 9.97 Å². The zero-order chi connectivity index (χ0) is 18.4. The summed E-state index contributed by atoms with van der Waals surface area (Å²) in [5.41, 5.74) is 3.08. The molecule has 0 radical (unpaired) electrons. The Balaban J connectivity index is 1.66. The molecule has 26 heavy (non-hydrogen) atoms. The van der Waals surface area contributed by atoms with Crippen LogP contribution in [0.15, 0.2) is 54.6 Å². The Morgan fingerprint density at radius 2 is 1.73 bits per heavy atom. The molecular weight excluding hydrogens is 348 g/mol. The van der Waals surface area contributed by atoms with E-state index in [1.54, 1.807) is 7.11 Å². The number of aryl methyl sites for hydroxylation is 1. The number of ether oxygens (including phenoxy) is 1. The van der Waals surface area contributed by atoms with E-state index in [0.717, 1.165) is 33.4 Å². The predicted molar refractivity (Wildman–Crippen MR) is 106 cm³/mol. The number of benzene rings is 2. The van der Waals surface area contributed by atoms with Crippen molar-refractivity contribution in [3.63, 3.8) is 0 Å². The number of hydrogen-bond donors (Lipinski definition) is 2. The van der Waals surface area contributed by atoms with E-state index in [2.05, 4.69) is 20.6 Å². The summed E-state index contributed by atoms with van der Waals surface area (Å²) in [6.07, 6.45) is 0. The zero-order valence-corrected chi connectivity index (χ0v) is 15.5. The molecule has 2 N–H and O–H groups in total. The van der Waals surface area contributed by atoms with Gasteiger partial charge in [0.2, 0.25) is 5.95 Å². The lowest BCUT2D eigenvalue weighted by Crippen LogP contribution is -2.08. The molecule has 3 aromatic rings. The summed E-state index contributed by atoms with van der Waals surface area (Å²) in [6, 6.07) is 17.5. The van der Waals surface area contributed by atoms with E-state index >= 15 is 0 Å². The highest BCUT2D eigenvalue weighted by Gasteiger charge is 2.05. The first kappa shape index (κ1) is 18.0. The van der Waals surface area contributed by atoms with Crippen molar-refractivity contribution in [1.29, 1.82) is 0 Å². The number of methoxy groups -OCH3 is 1. The van der Waals surface area contributed by atoms with Gasteiger partial charge in [0.25, 0.3) is 0 Å². The van der Waals surface area contributed by atoms with Crippen LogP contribution in [0, 0.1) is 6.92 Å². The van der Waals surface area contributed by atoms with Crippen molar-refractivity contribution in [3.05, 3.63) is 76.4 Å². The largest absolute Gasteiger partial charge is 0.496 e. The minimum Gasteiger partial charge on any atom is -0.496 e. The molecule has 0 aliphatic rings. The predicted octanol–water partition coefficient (Wildman–Crippen LogP) is 4.67. The lowest BCUT2D eigenvalue weighted by Gasteiger charge is -2.12. The SMILES string of the molecule is COc1ccccc1CNc1cc(C)nc(NCc2ccc(Cl)cc2)n1. The van der Waals surface area contributed by atoms with Crippen LogP contribution in [-0.4, -0.2) is 17.1 Å². The molecule has 0 aliphatic carbocycles. The molecule has 0 atom stereocenters. The van der Waals surface area contributed by atoms with Gasteiger partial charge in [-0.2, -0.15) is 4.98 Å². The quantitative estimate of drug-likeness (QED) is 0.634. The second-order valence-electron chi connectivity index (χ2n) is 5.86. The molecule has 0 saturated carbocycles. The lowest BCUT2D eigenvalue weighted by molar-refractivity contribution is 0.410. The van der Waals surface area contributed by atoms with Crippen LogP contribution in [0.2, 0.25) is 5.02 Å².